The standard InChI is InChI=1S/C20H30N4O5.C8H14N2O4.C5H9NO2.C4H9NO3/c21-10-2-1-4-15(22)18(25)29-19(26)16(23)12-13-6-8-14(9-7-13)28-20(27)17-5-3-11-24-17;9-5(7(11)12)4-14-8(13)6-2-1-3-10-6;7-5(8)4-2-1-3-6-4;1-2(6)3(5)4(7)8/h6-9,15-17,24H,1-5,10-12,21-23H2;5-6,10H,1-4,9H2,(H,11,12);4,6H,1-3H2,(H,7,8);2-3,6H,5H2,1H3,(H,7,8)/t15-,16-,17-;5-,6-;4-;2-,3+/m0001/s1. The van der Waals surface area contributed by atoms with Crippen molar-refractivity contribution in [3.63, 3.8) is 0 Å². The molecule has 17 N–H and O–H groups in total. The van der Waals surface area contributed by atoms with Crippen molar-refractivity contribution < 1.29 is 68.2 Å². The van der Waals surface area contributed by atoms with Crippen molar-refractivity contribution in [1.82, 2.24) is 16.0 Å². The molecule has 3 aliphatic heterocycles. The van der Waals surface area contributed by atoms with Crippen LogP contribution in [0, 0.1) is 0 Å². The van der Waals surface area contributed by atoms with Crippen LogP contribution in [0.25, 0.3) is 0 Å². The zero-order valence-electron chi connectivity index (χ0n) is 33.3. The first-order chi connectivity index (χ1) is 27.9. The molecule has 22 heteroatoms. The number of esters is 4. The van der Waals surface area contributed by atoms with Crippen molar-refractivity contribution >= 4 is 41.8 Å². The largest absolute Gasteiger partial charge is 0.480 e. The summed E-state index contributed by atoms with van der Waals surface area (Å²) in [5.74, 6) is -4.99. The lowest BCUT2D eigenvalue weighted by molar-refractivity contribution is -0.162. The fraction of sp³-hybridized carbons (Fsp3) is 0.649. The van der Waals surface area contributed by atoms with Gasteiger partial charge in [0, 0.05) is 0 Å². The Bertz CT molecular complexity index is 1460. The number of carboxylic acids is 3. The monoisotopic (exact) mass is 842 g/mol. The van der Waals surface area contributed by atoms with E-state index in [-0.39, 0.29) is 37.1 Å². The minimum absolute atomic E-state index is 0.174. The number of hydrogen-bond acceptors (Lipinski definition) is 19. The SMILES string of the molecule is C[C@@H](O)[C@H](N)C(=O)O.NCCCC[C@H](N)C(=O)OC(=O)[C@@H](N)Cc1ccc(OC(=O)[C@@H]2CCCN2)cc1.N[C@@H](COC(=O)[C@@H]1CCCN1)C(=O)O.O=C(O)[C@@H]1CCCN1. The highest BCUT2D eigenvalue weighted by Gasteiger charge is 2.27. The Balaban J connectivity index is 0.000000474. The smallest absolute Gasteiger partial charge is 0.330 e. The summed E-state index contributed by atoms with van der Waals surface area (Å²) in [5.41, 5.74) is 27.8. The number of carboxylic acid groups (broad SMARTS) is 3. The molecule has 0 unspecified atom stereocenters. The second kappa shape index (κ2) is 28.7. The first-order valence-corrected chi connectivity index (χ1v) is 19.4. The normalized spacial score (nSPS) is 20.6. The van der Waals surface area contributed by atoms with E-state index in [1.165, 1.54) is 6.92 Å². The van der Waals surface area contributed by atoms with Gasteiger partial charge in [0.25, 0.3) is 0 Å². The Labute approximate surface area is 342 Å². The molecule has 4 rings (SSSR count). The van der Waals surface area contributed by atoms with Gasteiger partial charge in [-0.1, -0.05) is 18.6 Å². The van der Waals surface area contributed by atoms with Crippen LogP contribution in [-0.4, -0.2) is 143 Å². The average Bonchev–Trinajstić information content (AvgIpc) is 4.03. The van der Waals surface area contributed by atoms with E-state index in [1.807, 2.05) is 0 Å². The van der Waals surface area contributed by atoms with E-state index in [9.17, 15) is 33.6 Å². The van der Waals surface area contributed by atoms with Crippen LogP contribution in [-0.2, 0) is 49.5 Å². The Kier molecular flexibility index (Phi) is 25.5. The highest BCUT2D eigenvalue weighted by Crippen LogP contribution is 2.16. The molecular weight excluding hydrogens is 780 g/mol. The molecule has 0 aromatic heterocycles. The quantitative estimate of drug-likeness (QED) is 0.0322. The third kappa shape index (κ3) is 21.8. The molecule has 1 aromatic carbocycles. The van der Waals surface area contributed by atoms with Gasteiger partial charge in [0.05, 0.1) is 6.10 Å². The van der Waals surface area contributed by atoms with E-state index in [2.05, 4.69) is 16.0 Å². The minimum Gasteiger partial charge on any atom is -0.480 e. The third-order valence-corrected chi connectivity index (χ3v) is 8.95. The summed E-state index contributed by atoms with van der Waals surface area (Å²) in [7, 11) is 0. The van der Waals surface area contributed by atoms with Crippen molar-refractivity contribution in [1.29, 1.82) is 0 Å². The van der Waals surface area contributed by atoms with Gasteiger partial charge in [0.15, 0.2) is 0 Å². The first-order valence-electron chi connectivity index (χ1n) is 19.4. The molecular formula is C37H62N8O14. The summed E-state index contributed by atoms with van der Waals surface area (Å²) < 4.78 is 14.9. The summed E-state index contributed by atoms with van der Waals surface area (Å²) in [6, 6.07) is 1.68. The van der Waals surface area contributed by atoms with Crippen LogP contribution in [0.3, 0.4) is 0 Å². The third-order valence-electron chi connectivity index (χ3n) is 8.95. The van der Waals surface area contributed by atoms with Crippen molar-refractivity contribution in [2.45, 2.75) is 120 Å². The number of aliphatic hydroxyl groups excluding tert-OH is 1. The van der Waals surface area contributed by atoms with Crippen LogP contribution in [0.4, 0.5) is 0 Å². The van der Waals surface area contributed by atoms with Crippen molar-refractivity contribution in [3.05, 3.63) is 29.8 Å². The fourth-order valence-corrected chi connectivity index (χ4v) is 5.31. The number of carbonyl (C=O) groups is 7. The highest BCUT2D eigenvalue weighted by atomic mass is 16.6. The number of rotatable bonds is 17. The number of ether oxygens (including phenoxy) is 3. The van der Waals surface area contributed by atoms with Crippen LogP contribution in [0.15, 0.2) is 24.3 Å². The maximum atomic E-state index is 12.0. The predicted molar refractivity (Wildman–Crippen MR) is 210 cm³/mol. The van der Waals surface area contributed by atoms with Gasteiger partial charge in [-0.15, -0.1) is 0 Å². The molecule has 0 bridgehead atoms. The number of nitrogens with one attached hydrogen (secondary N) is 3. The van der Waals surface area contributed by atoms with E-state index >= 15 is 0 Å². The molecule has 59 heavy (non-hydrogen) atoms. The molecule has 3 aliphatic rings. The number of aliphatic carboxylic acids is 3. The van der Waals surface area contributed by atoms with Crippen LogP contribution in [0.1, 0.15) is 70.3 Å². The van der Waals surface area contributed by atoms with Gasteiger partial charge in [-0.3, -0.25) is 19.2 Å². The number of benzene rings is 1. The second-order valence-corrected chi connectivity index (χ2v) is 14.0. The average molecular weight is 843 g/mol. The molecule has 0 saturated carbocycles. The fourth-order valence-electron chi connectivity index (χ4n) is 5.31. The zero-order valence-corrected chi connectivity index (χ0v) is 33.3. The summed E-state index contributed by atoms with van der Waals surface area (Å²) >= 11 is 0. The molecule has 0 radical (unpaired) electrons. The second-order valence-electron chi connectivity index (χ2n) is 14.0. The Morgan fingerprint density at radius 3 is 1.63 bits per heavy atom. The van der Waals surface area contributed by atoms with Gasteiger partial charge in [0.2, 0.25) is 0 Å². The zero-order chi connectivity index (χ0) is 44.5. The topological polar surface area (TPSA) is 394 Å². The molecule has 0 spiro atoms. The molecule has 3 fully saturated rings. The lowest BCUT2D eigenvalue weighted by Crippen LogP contribution is -2.40. The van der Waals surface area contributed by atoms with E-state index < -0.39 is 66.1 Å². The van der Waals surface area contributed by atoms with E-state index in [1.54, 1.807) is 24.3 Å². The number of unbranched alkanes of at least 4 members (excludes halogenated alkanes) is 1. The first kappa shape index (κ1) is 52.4. The maximum Gasteiger partial charge on any atom is 0.330 e. The van der Waals surface area contributed by atoms with Crippen LogP contribution >= 0.6 is 0 Å². The van der Waals surface area contributed by atoms with Gasteiger partial charge in [-0.2, -0.15) is 0 Å². The van der Waals surface area contributed by atoms with Crippen molar-refractivity contribution in [3.8, 4) is 5.75 Å². The summed E-state index contributed by atoms with van der Waals surface area (Å²) in [6.07, 6.45) is 6.20. The Hall–Kier alpha value is -4.65. The maximum absolute atomic E-state index is 12.0. The van der Waals surface area contributed by atoms with E-state index in [0.717, 1.165) is 70.1 Å². The molecule has 0 amide bonds. The number of aliphatic hydroxyl groups is 1. The Morgan fingerprint density at radius 2 is 1.22 bits per heavy atom. The van der Waals surface area contributed by atoms with Gasteiger partial charge >= 0.3 is 41.8 Å². The summed E-state index contributed by atoms with van der Waals surface area (Å²) in [6.45, 7) is 4.04. The van der Waals surface area contributed by atoms with Crippen molar-refractivity contribution in [2.24, 2.45) is 28.7 Å². The molecule has 8 atom stereocenters. The molecule has 3 heterocycles. The molecule has 334 valence electrons. The minimum atomic E-state index is -1.18. The molecule has 22 nitrogen and oxygen atoms in total. The van der Waals surface area contributed by atoms with Crippen LogP contribution in [0.5, 0.6) is 5.75 Å². The number of hydrogen-bond donors (Lipinski definition) is 12. The molecule has 0 aliphatic carbocycles. The summed E-state index contributed by atoms with van der Waals surface area (Å²) in [5, 5.41) is 42.2. The lowest BCUT2D eigenvalue weighted by Gasteiger charge is -2.14. The van der Waals surface area contributed by atoms with Gasteiger partial charge in [-0.25, -0.2) is 14.4 Å². The van der Waals surface area contributed by atoms with Crippen LogP contribution in [0.2, 0.25) is 0 Å². The lowest BCUT2D eigenvalue weighted by atomic mass is 10.1. The molecule has 3 saturated heterocycles. The van der Waals surface area contributed by atoms with E-state index in [4.69, 9.17) is 63.3 Å². The Morgan fingerprint density at radius 1 is 0.712 bits per heavy atom. The highest BCUT2D eigenvalue weighted by molar-refractivity contribution is 5.90. The van der Waals surface area contributed by atoms with Crippen LogP contribution < -0.4 is 49.4 Å². The summed E-state index contributed by atoms with van der Waals surface area (Å²) in [4.78, 5) is 77.4. The number of carbonyl (C=O) groups excluding carboxylic acids is 4. The van der Waals surface area contributed by atoms with Gasteiger partial charge < -0.3 is 79.3 Å². The molecule has 1 aromatic rings. The number of nitrogens with two attached hydrogens (primary N) is 5. The van der Waals surface area contributed by atoms with Gasteiger partial charge in [0.1, 0.15) is 54.6 Å². The predicted octanol–water partition coefficient (Wildman–Crippen LogP) is -2.96. The van der Waals surface area contributed by atoms with E-state index in [0.29, 0.717) is 25.1 Å². The van der Waals surface area contributed by atoms with Crippen molar-refractivity contribution in [2.75, 3.05) is 32.8 Å². The van der Waals surface area contributed by atoms with Gasteiger partial charge in [-0.05, 0) is 109 Å².